The highest BCUT2D eigenvalue weighted by Crippen LogP contribution is 2.25. The lowest BCUT2D eigenvalue weighted by atomic mass is 10.1. The van der Waals surface area contributed by atoms with Gasteiger partial charge in [-0.25, -0.2) is 4.98 Å². The first-order valence-corrected chi connectivity index (χ1v) is 7.61. The van der Waals surface area contributed by atoms with Crippen molar-refractivity contribution in [1.29, 1.82) is 0 Å². The molecular formula is C13H20BrN3O2. The molecule has 1 atom stereocenters. The van der Waals surface area contributed by atoms with Crippen LogP contribution in [0.3, 0.4) is 0 Å². The summed E-state index contributed by atoms with van der Waals surface area (Å²) in [6, 6.07) is 1.78. The van der Waals surface area contributed by atoms with Gasteiger partial charge in [0.25, 0.3) is 0 Å². The third-order valence-electron chi connectivity index (χ3n) is 2.85. The third kappa shape index (κ3) is 3.79. The second-order valence-corrected chi connectivity index (χ2v) is 5.81. The Labute approximate surface area is 122 Å². The van der Waals surface area contributed by atoms with Crippen molar-refractivity contribution in [3.63, 3.8) is 0 Å². The molecule has 0 spiro atoms. The molecule has 19 heavy (non-hydrogen) atoms. The highest BCUT2D eigenvalue weighted by atomic mass is 79.9. The summed E-state index contributed by atoms with van der Waals surface area (Å²) in [4.78, 5) is 10.9. The lowest BCUT2D eigenvalue weighted by Gasteiger charge is -2.42. The van der Waals surface area contributed by atoms with E-state index in [1.807, 2.05) is 6.92 Å². The minimum atomic E-state index is -0.207. The predicted molar refractivity (Wildman–Crippen MR) is 78.2 cm³/mol. The normalized spacial score (nSPS) is 22.3. The molecule has 6 heteroatoms. The first-order chi connectivity index (χ1) is 9.04. The summed E-state index contributed by atoms with van der Waals surface area (Å²) in [6.45, 7) is 8.27. The number of ether oxygens (including phenoxy) is 2. The van der Waals surface area contributed by atoms with Crippen LogP contribution >= 0.6 is 15.9 Å². The van der Waals surface area contributed by atoms with E-state index in [1.165, 1.54) is 0 Å². The van der Waals surface area contributed by atoms with Crippen molar-refractivity contribution in [2.75, 3.05) is 29.9 Å². The molecule has 1 aliphatic heterocycles. The molecule has 1 fully saturated rings. The van der Waals surface area contributed by atoms with Crippen molar-refractivity contribution in [2.24, 2.45) is 0 Å². The van der Waals surface area contributed by atoms with Gasteiger partial charge in [0.2, 0.25) is 11.8 Å². The maximum atomic E-state index is 5.98. The quantitative estimate of drug-likeness (QED) is 0.793. The molecule has 0 aromatic carbocycles. The van der Waals surface area contributed by atoms with Crippen molar-refractivity contribution in [2.45, 2.75) is 32.5 Å². The molecule has 0 saturated carbocycles. The average Bonchev–Trinajstić information content (AvgIpc) is 2.37. The van der Waals surface area contributed by atoms with Crippen molar-refractivity contribution in [3.8, 4) is 5.88 Å². The summed E-state index contributed by atoms with van der Waals surface area (Å²) in [5.41, 5.74) is -0.207. The van der Waals surface area contributed by atoms with Crippen LogP contribution in [0, 0.1) is 0 Å². The van der Waals surface area contributed by atoms with Crippen molar-refractivity contribution < 1.29 is 9.47 Å². The van der Waals surface area contributed by atoms with E-state index in [4.69, 9.17) is 9.47 Å². The van der Waals surface area contributed by atoms with Crippen LogP contribution in [-0.4, -0.2) is 46.7 Å². The Bertz CT molecular complexity index is 428. The minimum Gasteiger partial charge on any atom is -0.478 e. The van der Waals surface area contributed by atoms with Gasteiger partial charge in [-0.1, -0.05) is 15.9 Å². The van der Waals surface area contributed by atoms with Gasteiger partial charge >= 0.3 is 0 Å². The molecule has 0 radical (unpaired) electrons. The van der Waals surface area contributed by atoms with E-state index >= 15 is 0 Å². The smallest absolute Gasteiger partial charge is 0.228 e. The standard InChI is InChI=1S/C13H20BrN3O2/c1-4-18-11-5-6-15-12(16-11)17-8-10(7-14)19-13(2,3)9-17/h5-6,10H,4,7-9H2,1-3H3. The maximum Gasteiger partial charge on any atom is 0.228 e. The molecule has 1 aromatic rings. The minimum absolute atomic E-state index is 0.142. The Balaban J connectivity index is 2.17. The summed E-state index contributed by atoms with van der Waals surface area (Å²) in [5.74, 6) is 1.32. The van der Waals surface area contributed by atoms with E-state index in [1.54, 1.807) is 12.3 Å². The van der Waals surface area contributed by atoms with Crippen molar-refractivity contribution in [3.05, 3.63) is 12.3 Å². The van der Waals surface area contributed by atoms with Gasteiger partial charge < -0.3 is 14.4 Å². The van der Waals surface area contributed by atoms with Crippen LogP contribution in [0.2, 0.25) is 0 Å². The van der Waals surface area contributed by atoms with E-state index in [2.05, 4.69) is 44.6 Å². The Hall–Kier alpha value is -0.880. The molecule has 0 amide bonds. The Morgan fingerprint density at radius 3 is 3.05 bits per heavy atom. The number of nitrogens with zero attached hydrogens (tertiary/aromatic N) is 3. The van der Waals surface area contributed by atoms with E-state index in [0.717, 1.165) is 18.4 Å². The van der Waals surface area contributed by atoms with Gasteiger partial charge in [0.15, 0.2) is 0 Å². The fraction of sp³-hybridized carbons (Fsp3) is 0.692. The SMILES string of the molecule is CCOc1ccnc(N2CC(CBr)OC(C)(C)C2)n1. The Morgan fingerprint density at radius 2 is 2.37 bits per heavy atom. The number of morpholine rings is 1. The van der Waals surface area contributed by atoms with E-state index in [-0.39, 0.29) is 11.7 Å². The van der Waals surface area contributed by atoms with E-state index < -0.39 is 0 Å². The molecule has 5 nitrogen and oxygen atoms in total. The molecule has 2 heterocycles. The number of alkyl halides is 1. The van der Waals surface area contributed by atoms with Crippen LogP contribution in [0.5, 0.6) is 5.88 Å². The highest BCUT2D eigenvalue weighted by molar-refractivity contribution is 9.09. The van der Waals surface area contributed by atoms with Crippen molar-refractivity contribution in [1.82, 2.24) is 9.97 Å². The molecule has 1 unspecified atom stereocenters. The number of hydrogen-bond acceptors (Lipinski definition) is 5. The van der Waals surface area contributed by atoms with Crippen LogP contribution in [0.25, 0.3) is 0 Å². The number of rotatable bonds is 4. The molecule has 0 bridgehead atoms. The van der Waals surface area contributed by atoms with Crippen LogP contribution in [-0.2, 0) is 4.74 Å². The van der Waals surface area contributed by atoms with Gasteiger partial charge in [0, 0.05) is 30.7 Å². The monoisotopic (exact) mass is 329 g/mol. The summed E-state index contributed by atoms with van der Waals surface area (Å²) < 4.78 is 11.4. The molecule has 1 aromatic heterocycles. The van der Waals surface area contributed by atoms with E-state index in [9.17, 15) is 0 Å². The Morgan fingerprint density at radius 1 is 1.58 bits per heavy atom. The van der Waals surface area contributed by atoms with Crippen LogP contribution < -0.4 is 9.64 Å². The van der Waals surface area contributed by atoms with Gasteiger partial charge in [-0.3, -0.25) is 0 Å². The Kier molecular flexibility index (Phi) is 4.62. The molecule has 0 aliphatic carbocycles. The second-order valence-electron chi connectivity index (χ2n) is 5.16. The lowest BCUT2D eigenvalue weighted by molar-refractivity contribution is -0.0728. The van der Waals surface area contributed by atoms with Crippen LogP contribution in [0.1, 0.15) is 20.8 Å². The summed E-state index contributed by atoms with van der Waals surface area (Å²) >= 11 is 3.48. The molecule has 1 saturated heterocycles. The van der Waals surface area contributed by atoms with Crippen molar-refractivity contribution >= 4 is 21.9 Å². The third-order valence-corrected chi connectivity index (χ3v) is 3.57. The molecule has 2 rings (SSSR count). The second kappa shape index (κ2) is 6.05. The summed E-state index contributed by atoms with van der Waals surface area (Å²) in [6.07, 6.45) is 1.88. The highest BCUT2D eigenvalue weighted by Gasteiger charge is 2.34. The van der Waals surface area contributed by atoms with Gasteiger partial charge in [0.05, 0.1) is 18.3 Å². The number of hydrogen-bond donors (Lipinski definition) is 0. The number of anilines is 1. The zero-order chi connectivity index (χ0) is 13.9. The van der Waals surface area contributed by atoms with Gasteiger partial charge in [0.1, 0.15) is 0 Å². The number of halogens is 1. The van der Waals surface area contributed by atoms with Gasteiger partial charge in [-0.05, 0) is 20.8 Å². The first-order valence-electron chi connectivity index (χ1n) is 6.48. The zero-order valence-corrected chi connectivity index (χ0v) is 13.2. The van der Waals surface area contributed by atoms with Crippen LogP contribution in [0.4, 0.5) is 5.95 Å². The fourth-order valence-corrected chi connectivity index (χ4v) is 2.58. The topological polar surface area (TPSA) is 47.5 Å². The largest absolute Gasteiger partial charge is 0.478 e. The molecule has 1 aliphatic rings. The molecular weight excluding hydrogens is 310 g/mol. The van der Waals surface area contributed by atoms with Crippen LogP contribution in [0.15, 0.2) is 12.3 Å². The number of aromatic nitrogens is 2. The first kappa shape index (κ1) is 14.5. The van der Waals surface area contributed by atoms with Gasteiger partial charge in [-0.15, -0.1) is 0 Å². The van der Waals surface area contributed by atoms with Gasteiger partial charge in [-0.2, -0.15) is 4.98 Å². The fourth-order valence-electron chi connectivity index (χ4n) is 2.24. The van der Waals surface area contributed by atoms with E-state index in [0.29, 0.717) is 18.4 Å². The average molecular weight is 330 g/mol. The lowest BCUT2D eigenvalue weighted by Crippen LogP contribution is -2.53. The summed E-state index contributed by atoms with van der Waals surface area (Å²) in [7, 11) is 0. The summed E-state index contributed by atoms with van der Waals surface area (Å²) in [5, 5.41) is 0.804. The molecule has 106 valence electrons. The molecule has 0 N–H and O–H groups in total. The predicted octanol–water partition coefficient (Wildman–Crippen LogP) is 2.25. The maximum absolute atomic E-state index is 5.98. The zero-order valence-electron chi connectivity index (χ0n) is 11.6.